The normalized spacial score (nSPS) is 30.7. The van der Waals surface area contributed by atoms with Crippen LogP contribution in [0.3, 0.4) is 0 Å². The first-order chi connectivity index (χ1) is 10.0. The molecule has 5 nitrogen and oxygen atoms in total. The van der Waals surface area contributed by atoms with Crippen LogP contribution in [-0.4, -0.2) is 58.8 Å². The predicted octanol–water partition coefficient (Wildman–Crippen LogP) is 2.14. The second-order valence-corrected chi connectivity index (χ2v) is 7.82. The van der Waals surface area contributed by atoms with Crippen LogP contribution in [0, 0.1) is 5.92 Å². The van der Waals surface area contributed by atoms with Crippen molar-refractivity contribution in [2.24, 2.45) is 16.8 Å². The van der Waals surface area contributed by atoms with Crippen LogP contribution in [0.15, 0.2) is 5.16 Å². The number of amidine groups is 1. The van der Waals surface area contributed by atoms with Gasteiger partial charge in [0.1, 0.15) is 5.84 Å². The predicted molar refractivity (Wildman–Crippen MR) is 88.1 cm³/mol. The molecule has 21 heavy (non-hydrogen) atoms. The molecule has 2 aliphatic rings. The van der Waals surface area contributed by atoms with Crippen LogP contribution < -0.4 is 5.73 Å². The van der Waals surface area contributed by atoms with Crippen LogP contribution >= 0.6 is 11.8 Å². The summed E-state index contributed by atoms with van der Waals surface area (Å²) in [4.78, 5) is 2.52. The number of ether oxygens (including phenoxy) is 1. The molecule has 3 N–H and O–H groups in total. The average molecular weight is 315 g/mol. The van der Waals surface area contributed by atoms with E-state index in [4.69, 9.17) is 15.7 Å². The molecule has 0 aromatic rings. The van der Waals surface area contributed by atoms with E-state index in [0.29, 0.717) is 24.2 Å². The molecular weight excluding hydrogens is 286 g/mol. The molecule has 2 unspecified atom stereocenters. The van der Waals surface area contributed by atoms with Crippen molar-refractivity contribution in [2.45, 2.75) is 51.2 Å². The molecule has 2 aliphatic heterocycles. The average Bonchev–Trinajstić information content (AvgIpc) is 2.90. The molecule has 122 valence electrons. The Kier molecular flexibility index (Phi) is 6.20. The summed E-state index contributed by atoms with van der Waals surface area (Å²) in [6.45, 7) is 7.28. The van der Waals surface area contributed by atoms with Gasteiger partial charge in [-0.3, -0.25) is 4.90 Å². The lowest BCUT2D eigenvalue weighted by atomic mass is 9.88. The molecule has 0 aromatic heterocycles. The molecule has 2 heterocycles. The first kappa shape index (κ1) is 16.9. The van der Waals surface area contributed by atoms with Crippen molar-refractivity contribution >= 4 is 17.6 Å². The molecule has 0 bridgehead atoms. The lowest BCUT2D eigenvalue weighted by molar-refractivity contribution is -0.0904. The van der Waals surface area contributed by atoms with Crippen LogP contribution in [0.5, 0.6) is 0 Å². The minimum absolute atomic E-state index is 0.111. The zero-order valence-electron chi connectivity index (χ0n) is 13.3. The van der Waals surface area contributed by atoms with Gasteiger partial charge in [0.05, 0.1) is 5.60 Å². The van der Waals surface area contributed by atoms with E-state index in [1.807, 2.05) is 11.8 Å². The van der Waals surface area contributed by atoms with Crippen molar-refractivity contribution in [3.05, 3.63) is 0 Å². The zero-order valence-corrected chi connectivity index (χ0v) is 14.1. The van der Waals surface area contributed by atoms with Gasteiger partial charge in [-0.25, -0.2) is 0 Å². The molecule has 0 aliphatic carbocycles. The largest absolute Gasteiger partial charge is 0.409 e. The van der Waals surface area contributed by atoms with E-state index in [1.54, 1.807) is 0 Å². The molecule has 0 radical (unpaired) electrons. The van der Waals surface area contributed by atoms with E-state index in [0.717, 1.165) is 38.3 Å². The van der Waals surface area contributed by atoms with Crippen LogP contribution in [-0.2, 0) is 4.74 Å². The summed E-state index contributed by atoms with van der Waals surface area (Å²) in [7, 11) is 0. The molecule has 2 fully saturated rings. The third-order valence-corrected chi connectivity index (χ3v) is 5.66. The molecule has 1 spiro atoms. The minimum Gasteiger partial charge on any atom is -0.409 e. The zero-order chi connectivity index (χ0) is 15.3. The second kappa shape index (κ2) is 7.70. The molecule has 6 heteroatoms. The molecule has 2 saturated heterocycles. The summed E-state index contributed by atoms with van der Waals surface area (Å²) in [5.74, 6) is 3.30. The van der Waals surface area contributed by atoms with Crippen molar-refractivity contribution < 1.29 is 9.94 Å². The molecule has 2 rings (SSSR count). The van der Waals surface area contributed by atoms with E-state index in [2.05, 4.69) is 23.9 Å². The fourth-order valence-electron chi connectivity index (χ4n) is 3.38. The summed E-state index contributed by atoms with van der Waals surface area (Å²) in [5.41, 5.74) is 5.75. The Bertz CT molecular complexity index is 357. The van der Waals surface area contributed by atoms with Crippen LogP contribution in [0.2, 0.25) is 0 Å². The number of hydrogen-bond acceptors (Lipinski definition) is 5. The molecule has 0 saturated carbocycles. The smallest absolute Gasteiger partial charge is 0.140 e. The Hall–Kier alpha value is -0.460. The lowest BCUT2D eigenvalue weighted by Gasteiger charge is -2.43. The fraction of sp³-hybridized carbons (Fsp3) is 0.933. The first-order valence-electron chi connectivity index (χ1n) is 7.97. The van der Waals surface area contributed by atoms with Crippen LogP contribution in [0.4, 0.5) is 0 Å². The number of hydrogen-bond donors (Lipinski definition) is 2. The molecule has 0 aromatic carbocycles. The number of rotatable bonds is 6. The van der Waals surface area contributed by atoms with Crippen molar-refractivity contribution in [1.82, 2.24) is 4.90 Å². The topological polar surface area (TPSA) is 71.1 Å². The van der Waals surface area contributed by atoms with E-state index in [9.17, 15) is 0 Å². The summed E-state index contributed by atoms with van der Waals surface area (Å²) in [6, 6.07) is 0.561. The van der Waals surface area contributed by atoms with Gasteiger partial charge in [-0.05, 0) is 30.9 Å². The first-order valence-corrected chi connectivity index (χ1v) is 9.12. The maximum Gasteiger partial charge on any atom is 0.140 e. The van der Waals surface area contributed by atoms with Crippen molar-refractivity contribution in [2.75, 3.05) is 31.2 Å². The quantitative estimate of drug-likeness (QED) is 0.340. The number of thioether (sulfide) groups is 1. The minimum atomic E-state index is 0.111. The van der Waals surface area contributed by atoms with Gasteiger partial charge in [-0.1, -0.05) is 19.0 Å². The van der Waals surface area contributed by atoms with Crippen molar-refractivity contribution in [3.8, 4) is 0 Å². The SMILES string of the molecule is CC(C)CN(CCC(N)=NO)C1CCOC2(CCSC2)C1. The number of nitrogens with two attached hydrogens (primary N) is 1. The third kappa shape index (κ3) is 4.76. The Morgan fingerprint density at radius 3 is 3.00 bits per heavy atom. The summed E-state index contributed by atoms with van der Waals surface area (Å²) >= 11 is 2.01. The van der Waals surface area contributed by atoms with E-state index in [1.165, 1.54) is 12.2 Å². The Labute approximate surface area is 132 Å². The highest BCUT2D eigenvalue weighted by atomic mass is 32.2. The molecule has 0 amide bonds. The second-order valence-electron chi connectivity index (χ2n) is 6.71. The number of nitrogens with zero attached hydrogens (tertiary/aromatic N) is 2. The van der Waals surface area contributed by atoms with Gasteiger partial charge in [0.15, 0.2) is 0 Å². The Morgan fingerprint density at radius 2 is 2.38 bits per heavy atom. The lowest BCUT2D eigenvalue weighted by Crippen LogP contribution is -2.50. The van der Waals surface area contributed by atoms with Crippen molar-refractivity contribution in [1.29, 1.82) is 0 Å². The van der Waals surface area contributed by atoms with Gasteiger partial charge in [0, 0.05) is 37.9 Å². The van der Waals surface area contributed by atoms with E-state index in [-0.39, 0.29) is 5.60 Å². The maximum atomic E-state index is 8.73. The van der Waals surface area contributed by atoms with Crippen LogP contribution in [0.25, 0.3) is 0 Å². The van der Waals surface area contributed by atoms with Gasteiger partial charge in [0.25, 0.3) is 0 Å². The summed E-state index contributed by atoms with van der Waals surface area (Å²) < 4.78 is 6.12. The van der Waals surface area contributed by atoms with Crippen LogP contribution in [0.1, 0.15) is 39.5 Å². The van der Waals surface area contributed by atoms with E-state index >= 15 is 0 Å². The number of oxime groups is 1. The van der Waals surface area contributed by atoms with Gasteiger partial charge in [-0.2, -0.15) is 11.8 Å². The molecular formula is C15H29N3O2S. The standard InChI is InChI=1S/C15H29N3O2S/c1-12(2)10-18(6-3-14(16)17-19)13-4-7-20-15(9-13)5-8-21-11-15/h12-13,19H,3-11H2,1-2H3,(H2,16,17). The highest BCUT2D eigenvalue weighted by Gasteiger charge is 2.41. The highest BCUT2D eigenvalue weighted by Crippen LogP contribution is 2.39. The van der Waals surface area contributed by atoms with Gasteiger partial charge < -0.3 is 15.7 Å². The van der Waals surface area contributed by atoms with Crippen molar-refractivity contribution in [3.63, 3.8) is 0 Å². The van der Waals surface area contributed by atoms with Gasteiger partial charge in [0.2, 0.25) is 0 Å². The Morgan fingerprint density at radius 1 is 1.57 bits per heavy atom. The Balaban J connectivity index is 1.97. The maximum absolute atomic E-state index is 8.73. The third-order valence-electron chi connectivity index (χ3n) is 4.43. The fourth-order valence-corrected chi connectivity index (χ4v) is 4.76. The highest BCUT2D eigenvalue weighted by molar-refractivity contribution is 7.99. The molecule has 2 atom stereocenters. The van der Waals surface area contributed by atoms with E-state index < -0.39 is 0 Å². The van der Waals surface area contributed by atoms with Gasteiger partial charge >= 0.3 is 0 Å². The van der Waals surface area contributed by atoms with Gasteiger partial charge in [-0.15, -0.1) is 0 Å². The summed E-state index contributed by atoms with van der Waals surface area (Å²) in [5, 5.41) is 11.8. The summed E-state index contributed by atoms with van der Waals surface area (Å²) in [6.07, 6.45) is 4.03. The monoisotopic (exact) mass is 315 g/mol.